The summed E-state index contributed by atoms with van der Waals surface area (Å²) in [5.41, 5.74) is 0.972. The van der Waals surface area contributed by atoms with Crippen molar-refractivity contribution in [3.8, 4) is 0 Å². The van der Waals surface area contributed by atoms with Crippen LogP contribution in [0.1, 0.15) is 31.4 Å². The van der Waals surface area contributed by atoms with E-state index >= 15 is 4.39 Å². The molecule has 0 bridgehead atoms. The summed E-state index contributed by atoms with van der Waals surface area (Å²) in [5.74, 6) is -1.98. The van der Waals surface area contributed by atoms with Crippen LogP contribution in [0.5, 0.6) is 0 Å². The van der Waals surface area contributed by atoms with Gasteiger partial charge in [0.15, 0.2) is 0 Å². The largest absolute Gasteiger partial charge is 0.352 e. The maximum atomic E-state index is 15.2. The second-order valence-corrected chi connectivity index (χ2v) is 13.3. The van der Waals surface area contributed by atoms with Gasteiger partial charge in [0.2, 0.25) is 11.8 Å². The summed E-state index contributed by atoms with van der Waals surface area (Å²) in [4.78, 5) is 29.5. The molecule has 0 aromatic heterocycles. The van der Waals surface area contributed by atoms with E-state index in [1.807, 2.05) is 44.2 Å². The van der Waals surface area contributed by atoms with Gasteiger partial charge in [0, 0.05) is 29.1 Å². The Morgan fingerprint density at radius 1 is 0.889 bits per heavy atom. The van der Waals surface area contributed by atoms with E-state index in [0.717, 1.165) is 15.9 Å². The number of carbonyl (C=O) groups is 2. The van der Waals surface area contributed by atoms with Crippen LogP contribution < -0.4 is 9.62 Å². The van der Waals surface area contributed by atoms with E-state index in [9.17, 15) is 18.0 Å². The summed E-state index contributed by atoms with van der Waals surface area (Å²) in [6.45, 7) is 2.85. The first-order chi connectivity index (χ1) is 21.5. The van der Waals surface area contributed by atoms with Crippen molar-refractivity contribution in [3.05, 3.63) is 130 Å². The van der Waals surface area contributed by atoms with Gasteiger partial charge >= 0.3 is 0 Å². The molecule has 0 saturated carbocycles. The number of hydrogen-bond acceptors (Lipinski definition) is 4. The van der Waals surface area contributed by atoms with Crippen LogP contribution in [0.4, 0.5) is 10.1 Å². The van der Waals surface area contributed by atoms with E-state index in [4.69, 9.17) is 23.2 Å². The molecule has 1 N–H and O–H groups in total. The Kier molecular flexibility index (Phi) is 11.6. The van der Waals surface area contributed by atoms with Gasteiger partial charge in [-0.2, -0.15) is 0 Å². The van der Waals surface area contributed by atoms with Crippen LogP contribution in [0.15, 0.2) is 108 Å². The first-order valence-electron chi connectivity index (χ1n) is 14.4. The lowest BCUT2D eigenvalue weighted by molar-refractivity contribution is -0.140. The number of para-hydroxylation sites is 1. The first kappa shape index (κ1) is 34.0. The van der Waals surface area contributed by atoms with Crippen molar-refractivity contribution in [2.24, 2.45) is 0 Å². The monoisotopic (exact) mass is 669 g/mol. The lowest BCUT2D eigenvalue weighted by Crippen LogP contribution is -2.54. The fraction of sp³-hybridized carbons (Fsp3) is 0.235. The fourth-order valence-corrected chi connectivity index (χ4v) is 6.63. The molecule has 0 radical (unpaired) electrons. The van der Waals surface area contributed by atoms with Gasteiger partial charge in [-0.1, -0.05) is 96.9 Å². The summed E-state index contributed by atoms with van der Waals surface area (Å²) in [6, 6.07) is 25.5. The maximum absolute atomic E-state index is 15.2. The van der Waals surface area contributed by atoms with E-state index in [1.165, 1.54) is 53.4 Å². The molecule has 0 aliphatic carbocycles. The lowest BCUT2D eigenvalue weighted by atomic mass is 10.0. The molecule has 11 heteroatoms. The molecular formula is C34H34Cl2FN3O4S. The van der Waals surface area contributed by atoms with Crippen LogP contribution in [0.2, 0.25) is 10.0 Å². The zero-order valence-electron chi connectivity index (χ0n) is 24.9. The van der Waals surface area contributed by atoms with Crippen molar-refractivity contribution in [1.82, 2.24) is 10.2 Å². The third-order valence-electron chi connectivity index (χ3n) is 7.36. The van der Waals surface area contributed by atoms with Crippen LogP contribution in [0, 0.1) is 5.82 Å². The molecule has 2 amide bonds. The Morgan fingerprint density at radius 3 is 2.13 bits per heavy atom. The van der Waals surface area contributed by atoms with Gasteiger partial charge in [-0.25, -0.2) is 12.8 Å². The number of carbonyl (C=O) groups excluding carboxylic acids is 2. The van der Waals surface area contributed by atoms with Crippen LogP contribution in [-0.2, 0) is 32.6 Å². The molecule has 0 aliphatic rings. The second-order valence-electron chi connectivity index (χ2n) is 10.6. The number of nitrogens with zero attached hydrogens (tertiary/aromatic N) is 2. The minimum atomic E-state index is -4.42. The third-order valence-corrected chi connectivity index (χ3v) is 9.72. The van der Waals surface area contributed by atoms with Gasteiger partial charge in [-0.15, -0.1) is 0 Å². The summed E-state index contributed by atoms with van der Waals surface area (Å²) >= 11 is 12.7. The molecule has 4 aromatic rings. The summed E-state index contributed by atoms with van der Waals surface area (Å²) in [6.07, 6.45) is 0.780. The van der Waals surface area contributed by atoms with Crippen molar-refractivity contribution in [3.63, 3.8) is 0 Å². The van der Waals surface area contributed by atoms with Crippen LogP contribution in [-0.4, -0.2) is 43.8 Å². The number of hydrogen-bond donors (Lipinski definition) is 1. The molecule has 7 nitrogen and oxygen atoms in total. The highest BCUT2D eigenvalue weighted by Gasteiger charge is 2.36. The molecule has 45 heavy (non-hydrogen) atoms. The molecule has 2 unspecified atom stereocenters. The average molecular weight is 671 g/mol. The number of halogens is 3. The maximum Gasteiger partial charge on any atom is 0.264 e. The molecule has 4 rings (SSSR count). The van der Waals surface area contributed by atoms with Gasteiger partial charge in [-0.05, 0) is 60.9 Å². The van der Waals surface area contributed by atoms with Crippen molar-refractivity contribution in [2.45, 2.75) is 50.2 Å². The molecule has 0 spiro atoms. The summed E-state index contributed by atoms with van der Waals surface area (Å²) in [7, 11) is -4.42. The van der Waals surface area contributed by atoms with Gasteiger partial charge in [0.05, 0.1) is 10.6 Å². The molecular weight excluding hydrogens is 636 g/mol. The quantitative estimate of drug-likeness (QED) is 0.168. The van der Waals surface area contributed by atoms with Gasteiger partial charge in [0.1, 0.15) is 18.4 Å². The molecule has 0 heterocycles. The summed E-state index contributed by atoms with van der Waals surface area (Å²) < 4.78 is 43.8. The van der Waals surface area contributed by atoms with Crippen molar-refractivity contribution < 1.29 is 22.4 Å². The van der Waals surface area contributed by atoms with Crippen LogP contribution >= 0.6 is 23.2 Å². The minimum absolute atomic E-state index is 0.122. The number of sulfonamides is 1. The minimum Gasteiger partial charge on any atom is -0.352 e. The Hall–Kier alpha value is -3.92. The average Bonchev–Trinajstić information content (AvgIpc) is 3.03. The predicted molar refractivity (Wildman–Crippen MR) is 176 cm³/mol. The Bertz CT molecular complexity index is 1730. The lowest BCUT2D eigenvalue weighted by Gasteiger charge is -2.34. The number of amides is 2. The molecule has 0 aliphatic heterocycles. The normalized spacial score (nSPS) is 12.6. The first-order valence-corrected chi connectivity index (χ1v) is 16.6. The van der Waals surface area contributed by atoms with Crippen LogP contribution in [0.3, 0.4) is 0 Å². The zero-order chi connectivity index (χ0) is 32.6. The van der Waals surface area contributed by atoms with E-state index in [1.54, 1.807) is 18.2 Å². The third kappa shape index (κ3) is 8.63. The van der Waals surface area contributed by atoms with Crippen LogP contribution in [0.25, 0.3) is 0 Å². The molecule has 0 fully saturated rings. The van der Waals surface area contributed by atoms with Crippen molar-refractivity contribution >= 4 is 50.7 Å². The fourth-order valence-electron chi connectivity index (χ4n) is 4.72. The highest BCUT2D eigenvalue weighted by molar-refractivity contribution is 7.92. The van der Waals surface area contributed by atoms with Gasteiger partial charge < -0.3 is 10.2 Å². The smallest absolute Gasteiger partial charge is 0.264 e. The number of nitrogens with one attached hydrogen (secondary N) is 1. The number of anilines is 1. The van der Waals surface area contributed by atoms with Crippen molar-refractivity contribution in [1.29, 1.82) is 0 Å². The van der Waals surface area contributed by atoms with Crippen molar-refractivity contribution in [2.75, 3.05) is 10.8 Å². The topological polar surface area (TPSA) is 86.8 Å². The molecule has 2 atom stereocenters. The van der Waals surface area contributed by atoms with Gasteiger partial charge in [-0.3, -0.25) is 13.9 Å². The van der Waals surface area contributed by atoms with E-state index in [-0.39, 0.29) is 34.6 Å². The SMILES string of the molecule is CCC(C)NC(=O)C(Cc1ccccc1)N(Cc1ccc(Cl)cc1Cl)C(=O)CN(c1ccccc1F)S(=O)(=O)c1ccccc1. The highest BCUT2D eigenvalue weighted by Crippen LogP contribution is 2.28. The molecule has 236 valence electrons. The second kappa shape index (κ2) is 15.4. The highest BCUT2D eigenvalue weighted by atomic mass is 35.5. The standard InChI is InChI=1S/C34H34Cl2FN3O4S/c1-3-24(2)38-34(42)32(20-25-12-6-4-7-13-25)39(22-26-18-19-27(35)21-29(26)36)33(41)23-40(31-17-11-10-16-30(31)37)45(43,44)28-14-8-5-9-15-28/h4-19,21,24,32H,3,20,22-23H2,1-2H3,(H,38,42). The Morgan fingerprint density at radius 2 is 1.51 bits per heavy atom. The van der Waals surface area contributed by atoms with Gasteiger partial charge in [0.25, 0.3) is 10.0 Å². The van der Waals surface area contributed by atoms with E-state index in [0.29, 0.717) is 17.0 Å². The Balaban J connectivity index is 1.83. The van der Waals surface area contributed by atoms with E-state index in [2.05, 4.69) is 5.32 Å². The van der Waals surface area contributed by atoms with E-state index < -0.39 is 40.2 Å². The number of rotatable bonds is 13. The molecule has 0 saturated heterocycles. The number of benzene rings is 4. The zero-order valence-corrected chi connectivity index (χ0v) is 27.2. The molecule has 4 aromatic carbocycles. The predicted octanol–water partition coefficient (Wildman–Crippen LogP) is 6.88. The summed E-state index contributed by atoms with van der Waals surface area (Å²) in [5, 5.41) is 3.62. The Labute approximate surface area is 273 Å².